The van der Waals surface area contributed by atoms with E-state index in [9.17, 15) is 4.79 Å². The lowest BCUT2D eigenvalue weighted by molar-refractivity contribution is -0.141. The van der Waals surface area contributed by atoms with Crippen LogP contribution in [0.2, 0.25) is 5.02 Å². The average Bonchev–Trinajstić information content (AvgIpc) is 2.15. The van der Waals surface area contributed by atoms with Crippen LogP contribution in [0.5, 0.6) is 0 Å². The van der Waals surface area contributed by atoms with Gasteiger partial charge in [0, 0.05) is 9.50 Å². The highest BCUT2D eigenvalue weighted by molar-refractivity contribution is 9.10. The lowest BCUT2D eigenvalue weighted by Crippen LogP contribution is -2.10. The van der Waals surface area contributed by atoms with Crippen molar-refractivity contribution in [2.45, 2.75) is 19.8 Å². The van der Waals surface area contributed by atoms with Gasteiger partial charge in [0.2, 0.25) is 0 Å². The molecule has 0 radical (unpaired) electrons. The molecule has 0 heterocycles. The molecular formula is C11H12BrClO2. The fourth-order valence-corrected chi connectivity index (χ4v) is 1.99. The molecule has 1 aromatic rings. The van der Waals surface area contributed by atoms with Gasteiger partial charge in [-0.3, -0.25) is 4.79 Å². The molecule has 1 atom stereocenters. The van der Waals surface area contributed by atoms with Crippen molar-refractivity contribution >= 4 is 33.5 Å². The standard InChI is InChI=1S/C11H12BrClO2/c1-7(11(14)15)2-3-8-4-5-9(12)6-10(8)13/h4-7H,2-3H2,1H3,(H,14,15). The van der Waals surface area contributed by atoms with Gasteiger partial charge in [-0.05, 0) is 30.5 Å². The van der Waals surface area contributed by atoms with Crippen LogP contribution < -0.4 is 0 Å². The molecule has 2 nitrogen and oxygen atoms in total. The average molecular weight is 292 g/mol. The number of hydrogen-bond donors (Lipinski definition) is 1. The number of rotatable bonds is 4. The summed E-state index contributed by atoms with van der Waals surface area (Å²) in [6, 6.07) is 5.65. The van der Waals surface area contributed by atoms with Crippen molar-refractivity contribution < 1.29 is 9.90 Å². The summed E-state index contributed by atoms with van der Waals surface area (Å²) in [4.78, 5) is 10.6. The SMILES string of the molecule is CC(CCc1ccc(Br)cc1Cl)C(=O)O. The summed E-state index contributed by atoms with van der Waals surface area (Å²) < 4.78 is 0.933. The first-order valence-corrected chi connectivity index (χ1v) is 5.84. The molecule has 0 aliphatic carbocycles. The van der Waals surface area contributed by atoms with Gasteiger partial charge in [-0.2, -0.15) is 0 Å². The molecule has 0 aliphatic heterocycles. The van der Waals surface area contributed by atoms with Crippen LogP contribution in [-0.4, -0.2) is 11.1 Å². The zero-order chi connectivity index (χ0) is 11.4. The maximum Gasteiger partial charge on any atom is 0.306 e. The number of aryl methyl sites for hydroxylation is 1. The van der Waals surface area contributed by atoms with E-state index in [-0.39, 0.29) is 5.92 Å². The van der Waals surface area contributed by atoms with E-state index in [1.807, 2.05) is 18.2 Å². The molecule has 4 heteroatoms. The molecule has 0 saturated heterocycles. The molecule has 0 aromatic heterocycles. The Morgan fingerprint density at radius 2 is 2.27 bits per heavy atom. The largest absolute Gasteiger partial charge is 0.481 e. The molecule has 0 aliphatic rings. The molecule has 82 valence electrons. The monoisotopic (exact) mass is 290 g/mol. The van der Waals surface area contributed by atoms with Gasteiger partial charge in [0.05, 0.1) is 5.92 Å². The summed E-state index contributed by atoms with van der Waals surface area (Å²) in [7, 11) is 0. The van der Waals surface area contributed by atoms with Crippen molar-refractivity contribution in [1.82, 2.24) is 0 Å². The zero-order valence-corrected chi connectivity index (χ0v) is 10.7. The maximum atomic E-state index is 10.6. The quantitative estimate of drug-likeness (QED) is 0.917. The van der Waals surface area contributed by atoms with Crippen LogP contribution in [0.25, 0.3) is 0 Å². The van der Waals surface area contributed by atoms with Crippen molar-refractivity contribution in [2.24, 2.45) is 5.92 Å². The number of benzene rings is 1. The molecule has 1 N–H and O–H groups in total. The Morgan fingerprint density at radius 1 is 1.60 bits per heavy atom. The summed E-state index contributed by atoms with van der Waals surface area (Å²) in [5, 5.41) is 9.42. The first kappa shape index (κ1) is 12.5. The Balaban J connectivity index is 2.62. The summed E-state index contributed by atoms with van der Waals surface area (Å²) >= 11 is 9.34. The van der Waals surface area contributed by atoms with Crippen LogP contribution in [0.4, 0.5) is 0 Å². The van der Waals surface area contributed by atoms with Gasteiger partial charge >= 0.3 is 5.97 Å². The molecule has 1 rings (SSSR count). The number of aliphatic carboxylic acids is 1. The maximum absolute atomic E-state index is 10.6. The molecule has 0 spiro atoms. The van der Waals surface area contributed by atoms with Gasteiger partial charge < -0.3 is 5.11 Å². The van der Waals surface area contributed by atoms with Crippen molar-refractivity contribution in [2.75, 3.05) is 0 Å². The van der Waals surface area contributed by atoms with Gasteiger partial charge in [-0.15, -0.1) is 0 Å². The minimum Gasteiger partial charge on any atom is -0.481 e. The van der Waals surface area contributed by atoms with Crippen molar-refractivity contribution in [3.63, 3.8) is 0 Å². The molecule has 15 heavy (non-hydrogen) atoms. The molecule has 0 fully saturated rings. The summed E-state index contributed by atoms with van der Waals surface area (Å²) in [6.45, 7) is 1.70. The Morgan fingerprint density at radius 3 is 2.80 bits per heavy atom. The van der Waals surface area contributed by atoms with Gasteiger partial charge in [0.15, 0.2) is 0 Å². The summed E-state index contributed by atoms with van der Waals surface area (Å²) in [5.41, 5.74) is 0.993. The number of carboxylic acids is 1. The van der Waals surface area contributed by atoms with Gasteiger partial charge in [0.1, 0.15) is 0 Å². The number of carbonyl (C=O) groups is 1. The van der Waals surface area contributed by atoms with Crippen LogP contribution in [0.3, 0.4) is 0 Å². The minimum atomic E-state index is -0.761. The predicted molar refractivity (Wildman–Crippen MR) is 64.3 cm³/mol. The highest BCUT2D eigenvalue weighted by Crippen LogP contribution is 2.23. The highest BCUT2D eigenvalue weighted by atomic mass is 79.9. The van der Waals surface area contributed by atoms with E-state index in [0.717, 1.165) is 10.0 Å². The third-order valence-electron chi connectivity index (χ3n) is 2.28. The van der Waals surface area contributed by atoms with E-state index >= 15 is 0 Å². The topological polar surface area (TPSA) is 37.3 Å². The van der Waals surface area contributed by atoms with Crippen molar-refractivity contribution in [3.8, 4) is 0 Å². The molecule has 0 amide bonds. The van der Waals surface area contributed by atoms with Crippen LogP contribution in [0.1, 0.15) is 18.9 Å². The highest BCUT2D eigenvalue weighted by Gasteiger charge is 2.11. The van der Waals surface area contributed by atoms with Crippen LogP contribution in [0.15, 0.2) is 22.7 Å². The summed E-state index contributed by atoms with van der Waals surface area (Å²) in [6.07, 6.45) is 1.30. The minimum absolute atomic E-state index is 0.329. The van der Waals surface area contributed by atoms with E-state index in [4.69, 9.17) is 16.7 Å². The lowest BCUT2D eigenvalue weighted by Gasteiger charge is -2.07. The smallest absolute Gasteiger partial charge is 0.306 e. The normalized spacial score (nSPS) is 12.5. The molecule has 1 aromatic carbocycles. The number of carboxylic acid groups (broad SMARTS) is 1. The van der Waals surface area contributed by atoms with Crippen LogP contribution in [0, 0.1) is 5.92 Å². The molecular weight excluding hydrogens is 279 g/mol. The Labute approximate surface area is 102 Å². The zero-order valence-electron chi connectivity index (χ0n) is 8.34. The Bertz CT molecular complexity index is 366. The second-order valence-corrected chi connectivity index (χ2v) is 4.84. The third-order valence-corrected chi connectivity index (χ3v) is 3.13. The Hall–Kier alpha value is -0.540. The predicted octanol–water partition coefficient (Wildman–Crippen LogP) is 3.76. The van der Waals surface area contributed by atoms with Crippen LogP contribution in [-0.2, 0) is 11.2 Å². The third kappa shape index (κ3) is 3.84. The van der Waals surface area contributed by atoms with E-state index in [0.29, 0.717) is 17.9 Å². The van der Waals surface area contributed by atoms with Crippen molar-refractivity contribution in [3.05, 3.63) is 33.3 Å². The number of hydrogen-bond acceptors (Lipinski definition) is 1. The second kappa shape index (κ2) is 5.52. The fraction of sp³-hybridized carbons (Fsp3) is 0.364. The summed E-state index contributed by atoms with van der Waals surface area (Å²) in [5.74, 6) is -1.09. The first-order valence-electron chi connectivity index (χ1n) is 4.67. The molecule has 1 unspecified atom stereocenters. The van der Waals surface area contributed by atoms with Gasteiger partial charge in [-0.25, -0.2) is 0 Å². The van der Waals surface area contributed by atoms with Crippen LogP contribution >= 0.6 is 27.5 Å². The fourth-order valence-electron chi connectivity index (χ4n) is 1.22. The number of halogens is 2. The van der Waals surface area contributed by atoms with Crippen molar-refractivity contribution in [1.29, 1.82) is 0 Å². The Kier molecular flexibility index (Phi) is 4.61. The van der Waals surface area contributed by atoms with E-state index in [1.165, 1.54) is 0 Å². The van der Waals surface area contributed by atoms with E-state index < -0.39 is 5.97 Å². The lowest BCUT2D eigenvalue weighted by atomic mass is 10.0. The molecule has 0 saturated carbocycles. The first-order chi connectivity index (χ1) is 7.00. The van der Waals surface area contributed by atoms with E-state index in [1.54, 1.807) is 6.92 Å². The van der Waals surface area contributed by atoms with E-state index in [2.05, 4.69) is 15.9 Å². The molecule has 0 bridgehead atoms. The van der Waals surface area contributed by atoms with Gasteiger partial charge in [-0.1, -0.05) is 40.5 Å². The second-order valence-electron chi connectivity index (χ2n) is 3.51. The van der Waals surface area contributed by atoms with Gasteiger partial charge in [0.25, 0.3) is 0 Å².